The first-order valence-electron chi connectivity index (χ1n) is 3.22. The normalized spacial score (nSPS) is 26.8. The van der Waals surface area contributed by atoms with E-state index in [0.717, 1.165) is 0 Å². The van der Waals surface area contributed by atoms with Gasteiger partial charge < -0.3 is 5.11 Å². The van der Waals surface area contributed by atoms with E-state index in [-0.39, 0.29) is 0 Å². The first-order valence-corrected chi connectivity index (χ1v) is 0.724. The van der Waals surface area contributed by atoms with Crippen molar-refractivity contribution in [1.29, 1.82) is 0 Å². The summed E-state index contributed by atoms with van der Waals surface area (Å²) in [6, 6.07) is -1.03. The van der Waals surface area contributed by atoms with Crippen LogP contribution < -0.4 is 0 Å². The van der Waals surface area contributed by atoms with E-state index in [1.807, 2.05) is 0 Å². The fourth-order valence-corrected chi connectivity index (χ4v) is 0. The molecule has 0 aromatic carbocycles. The Bertz CT molecular complexity index is 130. The maximum Gasteiger partial charge on any atom is 0.0609 e. The van der Waals surface area contributed by atoms with Crippen molar-refractivity contribution in [1.82, 2.24) is 0 Å². The smallest absolute Gasteiger partial charge is 0.0609 e. The second kappa shape index (κ2) is 2.70. The highest BCUT2D eigenvalue weighted by Crippen LogP contribution is 1.46. The number of aliphatic hydroxyl groups is 1. The number of rotatable bonds is 1. The van der Waals surface area contributed by atoms with Gasteiger partial charge in [-0.05, 0) is 0 Å². The van der Waals surface area contributed by atoms with E-state index in [2.05, 4.69) is 0 Å². The molecule has 0 aliphatic rings. The summed E-state index contributed by atoms with van der Waals surface area (Å²) in [7, 11) is 0. The summed E-state index contributed by atoms with van der Waals surface area (Å²) in [4.78, 5) is 0. The van der Waals surface area contributed by atoms with Crippen LogP contribution in [0.5, 0.6) is 0 Å². The lowest BCUT2D eigenvalue weighted by molar-refractivity contribution is 0.343. The van der Waals surface area contributed by atoms with E-state index in [4.69, 9.17) is 12.0 Å². The molecule has 0 spiro atoms. The maximum atomic E-state index is 8.30. The van der Waals surface area contributed by atoms with Crippen molar-refractivity contribution in [2.24, 2.45) is 0 Å². The largest absolute Gasteiger partial charge is 0.392 e. The molecule has 4 heavy (non-hydrogen) atoms. The second-order valence-electron chi connectivity index (χ2n) is 0.237. The molecule has 1 nitrogen and oxygen atoms in total. The average molecular weight is 63.1 g/mol. The van der Waals surface area contributed by atoms with Crippen molar-refractivity contribution >= 4 is 0 Å². The fraction of sp³-hybridized carbons (Fsp3) is 0.333. The Morgan fingerprint density at radius 2 is 3.75 bits per heavy atom. The molecule has 1 N–H and O–H groups in total. The molecule has 0 amide bonds. The van der Waals surface area contributed by atoms with Crippen molar-refractivity contribution in [3.8, 4) is 0 Å². The lowest BCUT2D eigenvalue weighted by Gasteiger charge is -1.60. The lowest BCUT2D eigenvalue weighted by Crippen LogP contribution is -1.62. The fourth-order valence-electron chi connectivity index (χ4n) is 0. The predicted octanol–water partition coefficient (Wildman–Crippen LogP) is 0.165. The standard InChI is InChI=1S/C3H6O/c1-2-3-4/h2,4H,1,3H2/i1D2,2D,3D2. The minimum Gasteiger partial charge on any atom is -0.392 e. The minimum absolute atomic E-state index is 1.01. The Kier molecular flexibility index (Phi) is 0.307. The van der Waals surface area contributed by atoms with E-state index in [1.54, 1.807) is 0 Å². The first kappa shape index (κ1) is 0.455. The molecule has 0 heterocycles. The Morgan fingerprint density at radius 1 is 3.00 bits per heavy atom. The van der Waals surface area contributed by atoms with Crippen LogP contribution in [0.25, 0.3) is 0 Å². The van der Waals surface area contributed by atoms with Crippen molar-refractivity contribution < 1.29 is 12.0 Å². The van der Waals surface area contributed by atoms with Gasteiger partial charge >= 0.3 is 0 Å². The zero-order valence-electron chi connectivity index (χ0n) is 6.95. The SMILES string of the molecule is [2H]C([2H])=C([2H])C([2H])([2H])O. The van der Waals surface area contributed by atoms with Gasteiger partial charge in [0, 0.05) is 0 Å². The second-order valence-corrected chi connectivity index (χ2v) is 0.237. The van der Waals surface area contributed by atoms with Gasteiger partial charge in [-0.15, -0.1) is 6.53 Å². The summed E-state index contributed by atoms with van der Waals surface area (Å²) in [6.07, 6.45) is 0. The lowest BCUT2D eigenvalue weighted by atomic mass is 10.7. The summed E-state index contributed by atoms with van der Waals surface area (Å²) < 4.78 is 32.2. The van der Waals surface area contributed by atoms with Crippen LogP contribution in [-0.2, 0) is 0 Å². The molecule has 0 saturated carbocycles. The van der Waals surface area contributed by atoms with Gasteiger partial charge in [-0.1, -0.05) is 6.05 Å². The first-order chi connectivity index (χ1) is 3.85. The zero-order chi connectivity index (χ0) is 7.65. The third kappa shape index (κ3) is 1.70. The summed E-state index contributed by atoms with van der Waals surface area (Å²) in [5.41, 5.74) is 0. The molecule has 0 saturated heterocycles. The molecule has 0 aliphatic carbocycles. The van der Waals surface area contributed by atoms with E-state index in [9.17, 15) is 0 Å². The predicted molar refractivity (Wildman–Crippen MR) is 17.3 cm³/mol. The molecule has 0 atom stereocenters. The average Bonchev–Trinajstić information content (AvgIpc) is 1.62. The van der Waals surface area contributed by atoms with Crippen LogP contribution in [0.3, 0.4) is 0 Å². The van der Waals surface area contributed by atoms with E-state index in [0.29, 0.717) is 0 Å². The van der Waals surface area contributed by atoms with E-state index >= 15 is 0 Å². The molecule has 0 unspecified atom stereocenters. The molecule has 0 aliphatic heterocycles. The quantitative estimate of drug-likeness (QED) is 0.430. The maximum absolute atomic E-state index is 8.30. The van der Waals surface area contributed by atoms with Crippen LogP contribution in [0.4, 0.5) is 0 Å². The van der Waals surface area contributed by atoms with Gasteiger partial charge in [-0.2, -0.15) is 0 Å². The Balaban J connectivity index is 4.40. The van der Waals surface area contributed by atoms with Gasteiger partial charge in [-0.3, -0.25) is 0 Å². The van der Waals surface area contributed by atoms with Gasteiger partial charge in [0.15, 0.2) is 0 Å². The molecule has 1 heteroatoms. The van der Waals surface area contributed by atoms with Crippen LogP contribution >= 0.6 is 0 Å². The van der Waals surface area contributed by atoms with Crippen LogP contribution in [0.2, 0.25) is 0 Å². The van der Waals surface area contributed by atoms with Crippen LogP contribution in [0.15, 0.2) is 12.6 Å². The summed E-state index contributed by atoms with van der Waals surface area (Å²) in [5, 5.41) is 8.30. The van der Waals surface area contributed by atoms with E-state index in [1.165, 1.54) is 0 Å². The summed E-state index contributed by atoms with van der Waals surface area (Å²) >= 11 is 0. The van der Waals surface area contributed by atoms with Crippen LogP contribution in [-0.4, -0.2) is 11.7 Å². The number of hydrogen-bond acceptors (Lipinski definition) is 1. The third-order valence-electron chi connectivity index (χ3n) is 0.0559. The van der Waals surface area contributed by atoms with Crippen molar-refractivity contribution in [2.75, 3.05) is 6.56 Å². The highest BCUT2D eigenvalue weighted by Gasteiger charge is 1.45. The van der Waals surface area contributed by atoms with Gasteiger partial charge in [0.25, 0.3) is 0 Å². The minimum atomic E-state index is -2.85. The summed E-state index contributed by atoms with van der Waals surface area (Å²) in [5.74, 6) is 0. The van der Waals surface area contributed by atoms with Crippen LogP contribution in [0, 0.1) is 0 Å². The third-order valence-corrected chi connectivity index (χ3v) is 0.0559. The zero-order valence-corrected chi connectivity index (χ0v) is 1.95. The molecule has 24 valence electrons. The molecule has 0 aromatic rings. The van der Waals surface area contributed by atoms with Gasteiger partial charge in [0.1, 0.15) is 0 Å². The highest BCUT2D eigenvalue weighted by molar-refractivity contribution is 4.60. The monoisotopic (exact) mass is 63.1 g/mol. The van der Waals surface area contributed by atoms with Gasteiger partial charge in [0.05, 0.1) is 13.4 Å². The number of hydrogen-bond donors (Lipinski definition) is 1. The molecule has 0 rings (SSSR count). The Labute approximate surface area is 32.6 Å². The van der Waals surface area contributed by atoms with Gasteiger partial charge in [0.2, 0.25) is 0 Å². The topological polar surface area (TPSA) is 20.2 Å². The summed E-state index contributed by atoms with van der Waals surface area (Å²) in [6.45, 7) is -3.86. The molecule has 0 fully saturated rings. The molecular weight excluding hydrogens is 52.0 g/mol. The molecule has 0 aromatic heterocycles. The Hall–Kier alpha value is -0.300. The van der Waals surface area contributed by atoms with E-state index < -0.39 is 19.1 Å². The van der Waals surface area contributed by atoms with Crippen molar-refractivity contribution in [3.63, 3.8) is 0 Å². The molecular formula is C3H6O. The Morgan fingerprint density at radius 3 is 3.75 bits per heavy atom. The molecule has 0 radical (unpaired) electrons. The van der Waals surface area contributed by atoms with Crippen LogP contribution in [0.1, 0.15) is 6.85 Å². The molecule has 0 bridgehead atoms. The van der Waals surface area contributed by atoms with Crippen molar-refractivity contribution in [3.05, 3.63) is 12.6 Å². The van der Waals surface area contributed by atoms with Crippen molar-refractivity contribution in [2.45, 2.75) is 0 Å². The van der Waals surface area contributed by atoms with Gasteiger partial charge in [-0.25, -0.2) is 0 Å². The highest BCUT2D eigenvalue weighted by atomic mass is 16.2.